The summed E-state index contributed by atoms with van der Waals surface area (Å²) in [6.45, 7) is -0.0807. The van der Waals surface area contributed by atoms with Crippen LogP contribution in [0.1, 0.15) is 22.3 Å². The molecule has 0 saturated carbocycles. The molecular weight excluding hydrogens is 375 g/mol. The van der Waals surface area contributed by atoms with E-state index in [1.54, 1.807) is 6.07 Å². The molecule has 142 valence electrons. The van der Waals surface area contributed by atoms with Crippen LogP contribution in [0, 0.1) is 15.9 Å². The molecule has 0 aromatic heterocycles. The Morgan fingerprint density at radius 3 is 2.41 bits per heavy atom. The number of hydrogen-bond acceptors (Lipinski definition) is 5. The average molecular weight is 392 g/mol. The van der Waals surface area contributed by atoms with Gasteiger partial charge in [-0.15, -0.1) is 0 Å². The zero-order chi connectivity index (χ0) is 19.6. The predicted octanol–water partition coefficient (Wildman–Crippen LogP) is 2.56. The van der Waals surface area contributed by atoms with E-state index in [4.69, 9.17) is 0 Å². The third kappa shape index (κ3) is 4.30. The molecule has 1 saturated heterocycles. The number of halogens is 1. The van der Waals surface area contributed by atoms with E-state index in [-0.39, 0.29) is 41.3 Å². The molecule has 1 unspecified atom stereocenters. The molecule has 0 N–H and O–H groups in total. The average Bonchev–Trinajstić information content (AvgIpc) is 3.00. The normalized spacial score (nSPS) is 18.2. The molecule has 7 nitrogen and oxygen atoms in total. The van der Waals surface area contributed by atoms with E-state index in [9.17, 15) is 27.7 Å². The van der Waals surface area contributed by atoms with Gasteiger partial charge < -0.3 is 4.90 Å². The highest BCUT2D eigenvalue weighted by Gasteiger charge is 2.35. The van der Waals surface area contributed by atoms with Gasteiger partial charge in [-0.05, 0) is 24.6 Å². The summed E-state index contributed by atoms with van der Waals surface area (Å²) >= 11 is 0. The quantitative estimate of drug-likeness (QED) is 0.575. The summed E-state index contributed by atoms with van der Waals surface area (Å²) < 4.78 is 37.8. The van der Waals surface area contributed by atoms with Crippen molar-refractivity contribution in [1.29, 1.82) is 0 Å². The Morgan fingerprint density at radius 2 is 1.85 bits per heavy atom. The van der Waals surface area contributed by atoms with E-state index in [1.165, 1.54) is 47.4 Å². The maximum absolute atomic E-state index is 14.1. The molecular formula is C18H17FN2O5S. The number of carbonyl (C=O) groups excluding carboxylic acids is 1. The molecule has 9 heteroatoms. The summed E-state index contributed by atoms with van der Waals surface area (Å²) in [4.78, 5) is 24.5. The topological polar surface area (TPSA) is 97.6 Å². The molecule has 1 amide bonds. The maximum Gasteiger partial charge on any atom is 0.269 e. The van der Waals surface area contributed by atoms with Gasteiger partial charge in [0.15, 0.2) is 9.84 Å². The third-order valence-corrected chi connectivity index (χ3v) is 6.28. The van der Waals surface area contributed by atoms with Crippen molar-refractivity contribution in [1.82, 2.24) is 4.90 Å². The van der Waals surface area contributed by atoms with Crippen LogP contribution < -0.4 is 0 Å². The Hall–Kier alpha value is -2.81. The molecule has 1 aliphatic heterocycles. The highest BCUT2D eigenvalue weighted by atomic mass is 32.2. The predicted molar refractivity (Wildman–Crippen MR) is 96.4 cm³/mol. The molecule has 1 heterocycles. The van der Waals surface area contributed by atoms with Crippen LogP contribution in [0.4, 0.5) is 10.1 Å². The summed E-state index contributed by atoms with van der Waals surface area (Å²) in [5.41, 5.74) is 0.300. The van der Waals surface area contributed by atoms with Gasteiger partial charge in [0.05, 0.1) is 16.4 Å². The van der Waals surface area contributed by atoms with Crippen molar-refractivity contribution in [2.24, 2.45) is 0 Å². The third-order valence-electron chi connectivity index (χ3n) is 4.53. The summed E-state index contributed by atoms with van der Waals surface area (Å²) in [7, 11) is -3.25. The van der Waals surface area contributed by atoms with Gasteiger partial charge in [-0.2, -0.15) is 0 Å². The second-order valence-corrected chi connectivity index (χ2v) is 8.61. The summed E-state index contributed by atoms with van der Waals surface area (Å²) in [6.07, 6.45) is 0.273. The number of benzene rings is 2. The summed E-state index contributed by atoms with van der Waals surface area (Å²) in [5, 5.41) is 10.8. The Balaban J connectivity index is 1.92. The van der Waals surface area contributed by atoms with Crippen molar-refractivity contribution in [3.05, 3.63) is 75.6 Å². The standard InChI is InChI=1S/C18H17FN2O5S/c19-17-4-2-1-3-14(17)11-20(16-9-10-27(25,26)12-16)18(22)13-5-7-15(8-6-13)21(23)24/h1-8,16H,9-12H2. The van der Waals surface area contributed by atoms with Gasteiger partial charge in [0, 0.05) is 35.8 Å². The smallest absolute Gasteiger partial charge is 0.269 e. The second kappa shape index (κ2) is 7.43. The lowest BCUT2D eigenvalue weighted by atomic mass is 10.1. The minimum Gasteiger partial charge on any atom is -0.330 e. The largest absolute Gasteiger partial charge is 0.330 e. The van der Waals surface area contributed by atoms with Crippen molar-refractivity contribution >= 4 is 21.4 Å². The van der Waals surface area contributed by atoms with Crippen LogP contribution >= 0.6 is 0 Å². The lowest BCUT2D eigenvalue weighted by Crippen LogP contribution is -2.40. The fourth-order valence-electron chi connectivity index (χ4n) is 3.09. The second-order valence-electron chi connectivity index (χ2n) is 6.39. The Bertz CT molecular complexity index is 976. The number of nitrogens with zero attached hydrogens (tertiary/aromatic N) is 2. The molecule has 2 aromatic carbocycles. The van der Waals surface area contributed by atoms with Gasteiger partial charge in [-0.25, -0.2) is 12.8 Å². The van der Waals surface area contributed by atoms with E-state index in [1.807, 2.05) is 0 Å². The molecule has 27 heavy (non-hydrogen) atoms. The number of carbonyl (C=O) groups is 1. The van der Waals surface area contributed by atoms with Gasteiger partial charge in [-0.3, -0.25) is 14.9 Å². The van der Waals surface area contributed by atoms with Gasteiger partial charge in [0.1, 0.15) is 5.82 Å². The molecule has 1 atom stereocenters. The summed E-state index contributed by atoms with van der Waals surface area (Å²) in [5.74, 6) is -1.19. The number of hydrogen-bond donors (Lipinski definition) is 0. The number of non-ortho nitro benzene ring substituents is 1. The van der Waals surface area contributed by atoms with Crippen LogP contribution in [0.3, 0.4) is 0 Å². The van der Waals surface area contributed by atoms with Gasteiger partial charge in [-0.1, -0.05) is 18.2 Å². The van der Waals surface area contributed by atoms with Crippen LogP contribution in [-0.4, -0.2) is 41.7 Å². The lowest BCUT2D eigenvalue weighted by Gasteiger charge is -2.28. The van der Waals surface area contributed by atoms with Crippen LogP contribution in [0.15, 0.2) is 48.5 Å². The fourth-order valence-corrected chi connectivity index (χ4v) is 4.82. The van der Waals surface area contributed by atoms with Crippen molar-refractivity contribution < 1.29 is 22.5 Å². The van der Waals surface area contributed by atoms with Gasteiger partial charge in [0.25, 0.3) is 11.6 Å². The Morgan fingerprint density at radius 1 is 1.19 bits per heavy atom. The monoisotopic (exact) mass is 392 g/mol. The van der Waals surface area contributed by atoms with Crippen LogP contribution in [-0.2, 0) is 16.4 Å². The lowest BCUT2D eigenvalue weighted by molar-refractivity contribution is -0.384. The van der Waals surface area contributed by atoms with Gasteiger partial charge in [0.2, 0.25) is 0 Å². The van der Waals surface area contributed by atoms with E-state index < -0.39 is 32.5 Å². The molecule has 1 aliphatic rings. The molecule has 3 rings (SSSR count). The number of sulfone groups is 1. The van der Waals surface area contributed by atoms with Crippen LogP contribution in [0.2, 0.25) is 0 Å². The number of nitro groups is 1. The zero-order valence-corrected chi connectivity index (χ0v) is 15.1. The maximum atomic E-state index is 14.1. The van der Waals surface area contributed by atoms with E-state index >= 15 is 0 Å². The van der Waals surface area contributed by atoms with Crippen molar-refractivity contribution in [2.45, 2.75) is 19.0 Å². The number of amides is 1. The van der Waals surface area contributed by atoms with Crippen molar-refractivity contribution in [3.63, 3.8) is 0 Å². The molecule has 0 bridgehead atoms. The summed E-state index contributed by atoms with van der Waals surface area (Å²) in [6, 6.07) is 10.5. The van der Waals surface area contributed by atoms with Gasteiger partial charge >= 0.3 is 0 Å². The number of nitro benzene ring substituents is 1. The van der Waals surface area contributed by atoms with Crippen LogP contribution in [0.5, 0.6) is 0 Å². The first kappa shape index (κ1) is 19.0. The first-order chi connectivity index (χ1) is 12.8. The molecule has 0 radical (unpaired) electrons. The fraction of sp³-hybridized carbons (Fsp3) is 0.278. The SMILES string of the molecule is O=C(c1ccc([N+](=O)[O-])cc1)N(Cc1ccccc1F)C1CCS(=O)(=O)C1. The van der Waals surface area contributed by atoms with Crippen molar-refractivity contribution in [2.75, 3.05) is 11.5 Å². The van der Waals surface area contributed by atoms with E-state index in [0.717, 1.165) is 0 Å². The molecule has 0 aliphatic carbocycles. The Kier molecular flexibility index (Phi) is 5.22. The van der Waals surface area contributed by atoms with Crippen molar-refractivity contribution in [3.8, 4) is 0 Å². The number of rotatable bonds is 5. The first-order valence-electron chi connectivity index (χ1n) is 8.26. The minimum atomic E-state index is -3.25. The van der Waals surface area contributed by atoms with E-state index in [0.29, 0.717) is 0 Å². The molecule has 2 aromatic rings. The Labute approximate surface area is 155 Å². The first-order valence-corrected chi connectivity index (χ1v) is 10.1. The highest BCUT2D eigenvalue weighted by Crippen LogP contribution is 2.24. The molecule has 0 spiro atoms. The van der Waals surface area contributed by atoms with Crippen LogP contribution in [0.25, 0.3) is 0 Å². The zero-order valence-electron chi connectivity index (χ0n) is 14.2. The van der Waals surface area contributed by atoms with E-state index in [2.05, 4.69) is 0 Å². The highest BCUT2D eigenvalue weighted by molar-refractivity contribution is 7.91. The molecule has 1 fully saturated rings. The minimum absolute atomic E-state index is 0.0288.